The van der Waals surface area contributed by atoms with Gasteiger partial charge in [0.2, 0.25) is 5.95 Å². The van der Waals surface area contributed by atoms with Crippen molar-refractivity contribution in [1.82, 2.24) is 34.3 Å². The molecule has 0 fully saturated rings. The Morgan fingerprint density at radius 2 is 1.83 bits per heavy atom. The fourth-order valence-electron chi connectivity index (χ4n) is 5.12. The molecule has 42 heavy (non-hydrogen) atoms. The van der Waals surface area contributed by atoms with Crippen LogP contribution in [-0.4, -0.2) is 47.4 Å². The van der Waals surface area contributed by atoms with Gasteiger partial charge in [-0.3, -0.25) is 0 Å². The van der Waals surface area contributed by atoms with E-state index in [9.17, 15) is 4.79 Å². The number of unbranched alkanes of at least 4 members (excludes halogenated alkanes) is 2. The second-order valence-electron chi connectivity index (χ2n) is 11.2. The number of benzene rings is 2. The first-order valence-electron chi connectivity index (χ1n) is 14.1. The Balaban J connectivity index is 1.74. The first-order valence-corrected chi connectivity index (χ1v) is 14.1. The summed E-state index contributed by atoms with van der Waals surface area (Å²) in [5, 5.41) is 4.43. The summed E-state index contributed by atoms with van der Waals surface area (Å²) >= 11 is 0. The Bertz CT molecular complexity index is 1730. The Hall–Kier alpha value is -4.86. The first kappa shape index (κ1) is 28.7. The number of aromatic nitrogens is 7. The molecule has 3 aromatic heterocycles. The zero-order chi connectivity index (χ0) is 29.9. The van der Waals surface area contributed by atoms with E-state index in [4.69, 9.17) is 15.5 Å². The molecule has 0 radical (unpaired) electrons. The van der Waals surface area contributed by atoms with Crippen LogP contribution in [0.5, 0.6) is 0 Å². The lowest BCUT2D eigenvalue weighted by Crippen LogP contribution is -2.23. The highest BCUT2D eigenvalue weighted by atomic mass is 16.5. The summed E-state index contributed by atoms with van der Waals surface area (Å²) in [6.07, 6.45) is 12.1. The molecule has 0 aliphatic heterocycles. The number of carbonyl (C=O) groups is 1. The lowest BCUT2D eigenvalue weighted by molar-refractivity contribution is -0.134. The van der Waals surface area contributed by atoms with Crippen molar-refractivity contribution in [2.24, 2.45) is 0 Å². The minimum atomic E-state index is -0.371. The van der Waals surface area contributed by atoms with Gasteiger partial charge < -0.3 is 15.0 Å². The standard InChI is InChI=1S/C32H36N8O2/c1-6-7-8-9-21(16-29(41)42-5)22-10-12-27(39-20-34-19-37-39)25(14-22)30-38-26-15-23(24-17-35-31(33)36-18-24)11-13-28(26)40(30)32(2,3)4/h10-20H,6-9H2,1-5H3,(H2,33,35,36)/b21-16+. The summed E-state index contributed by atoms with van der Waals surface area (Å²) < 4.78 is 8.98. The quantitative estimate of drug-likeness (QED) is 0.127. The number of imidazole rings is 1. The average molecular weight is 565 g/mol. The number of hydrogen-bond acceptors (Lipinski definition) is 8. The van der Waals surface area contributed by atoms with E-state index in [0.717, 1.165) is 76.1 Å². The van der Waals surface area contributed by atoms with Crippen LogP contribution in [0.4, 0.5) is 5.95 Å². The van der Waals surface area contributed by atoms with Crippen LogP contribution in [0.2, 0.25) is 0 Å². The SMILES string of the molecule is CCCCC/C(=C\C(=O)OC)c1ccc(-n2cncn2)c(-c2nc3cc(-c4cnc(N)nc4)ccc3n2C(C)(C)C)c1. The van der Waals surface area contributed by atoms with Crippen LogP contribution in [0.1, 0.15) is 58.9 Å². The highest BCUT2D eigenvalue weighted by Crippen LogP contribution is 2.37. The molecular formula is C32H36N8O2. The fourth-order valence-corrected chi connectivity index (χ4v) is 5.12. The normalized spacial score (nSPS) is 12.2. The van der Waals surface area contributed by atoms with Gasteiger partial charge in [-0.2, -0.15) is 5.10 Å². The van der Waals surface area contributed by atoms with Gasteiger partial charge >= 0.3 is 5.97 Å². The number of nitrogens with two attached hydrogens (primary N) is 1. The van der Waals surface area contributed by atoms with Crippen molar-refractivity contribution in [3.63, 3.8) is 0 Å². The highest BCUT2D eigenvalue weighted by molar-refractivity contribution is 5.93. The summed E-state index contributed by atoms with van der Waals surface area (Å²) in [4.78, 5) is 30.0. The van der Waals surface area contributed by atoms with Gasteiger partial charge in [0.05, 0.1) is 23.8 Å². The number of ether oxygens (including phenoxy) is 1. The van der Waals surface area contributed by atoms with Crippen LogP contribution >= 0.6 is 0 Å². The van der Waals surface area contributed by atoms with Gasteiger partial charge in [0.25, 0.3) is 0 Å². The van der Waals surface area contributed by atoms with Gasteiger partial charge in [-0.15, -0.1) is 0 Å². The van der Waals surface area contributed by atoms with E-state index in [1.807, 2.05) is 24.3 Å². The van der Waals surface area contributed by atoms with Crippen LogP contribution in [0.25, 0.3) is 44.8 Å². The minimum Gasteiger partial charge on any atom is -0.466 e. The molecule has 0 unspecified atom stereocenters. The molecule has 0 saturated heterocycles. The van der Waals surface area contributed by atoms with Crippen molar-refractivity contribution in [3.8, 4) is 28.2 Å². The number of allylic oxidation sites excluding steroid dienone is 1. The average Bonchev–Trinajstić information content (AvgIpc) is 3.65. The van der Waals surface area contributed by atoms with Gasteiger partial charge in [-0.1, -0.05) is 31.9 Å². The summed E-state index contributed by atoms with van der Waals surface area (Å²) in [7, 11) is 1.40. The lowest BCUT2D eigenvalue weighted by atomic mass is 9.96. The zero-order valence-corrected chi connectivity index (χ0v) is 24.7. The molecule has 0 spiro atoms. The van der Waals surface area contributed by atoms with Crippen LogP contribution in [-0.2, 0) is 15.1 Å². The summed E-state index contributed by atoms with van der Waals surface area (Å²) in [6, 6.07) is 12.3. The molecule has 0 saturated carbocycles. The van der Waals surface area contributed by atoms with Crippen molar-refractivity contribution in [1.29, 1.82) is 0 Å². The maximum atomic E-state index is 12.4. The maximum Gasteiger partial charge on any atom is 0.330 e. The van der Waals surface area contributed by atoms with Crippen molar-refractivity contribution in [2.45, 2.75) is 58.9 Å². The fraction of sp³-hybridized carbons (Fsp3) is 0.312. The van der Waals surface area contributed by atoms with E-state index < -0.39 is 0 Å². The van der Waals surface area contributed by atoms with Gasteiger partial charge in [0.15, 0.2) is 0 Å². The Morgan fingerprint density at radius 3 is 2.50 bits per heavy atom. The van der Waals surface area contributed by atoms with Crippen LogP contribution in [0, 0.1) is 0 Å². The number of nitrogen functional groups attached to an aromatic ring is 1. The molecule has 216 valence electrons. The number of esters is 1. The van der Waals surface area contributed by atoms with E-state index in [0.29, 0.717) is 0 Å². The summed E-state index contributed by atoms with van der Waals surface area (Å²) in [5.41, 5.74) is 12.6. The number of fused-ring (bicyclic) bond motifs is 1. The van der Waals surface area contributed by atoms with E-state index in [1.165, 1.54) is 13.4 Å². The van der Waals surface area contributed by atoms with Crippen molar-refractivity contribution >= 4 is 28.5 Å². The second kappa shape index (κ2) is 11.9. The third-order valence-corrected chi connectivity index (χ3v) is 7.15. The van der Waals surface area contributed by atoms with Crippen molar-refractivity contribution in [2.75, 3.05) is 12.8 Å². The molecule has 10 nitrogen and oxygen atoms in total. The van der Waals surface area contributed by atoms with E-state index in [1.54, 1.807) is 29.5 Å². The number of hydrogen-bond donors (Lipinski definition) is 1. The molecule has 5 aromatic rings. The minimum absolute atomic E-state index is 0.231. The monoisotopic (exact) mass is 564 g/mol. The van der Waals surface area contributed by atoms with Gasteiger partial charge in [0, 0.05) is 35.1 Å². The molecule has 0 bridgehead atoms. The Morgan fingerprint density at radius 1 is 1.05 bits per heavy atom. The molecule has 5 rings (SSSR count). The molecule has 0 aliphatic carbocycles. The molecule has 0 atom stereocenters. The number of carbonyl (C=O) groups excluding carboxylic acids is 1. The van der Waals surface area contributed by atoms with Gasteiger partial charge in [0.1, 0.15) is 18.5 Å². The maximum absolute atomic E-state index is 12.4. The third-order valence-electron chi connectivity index (χ3n) is 7.15. The largest absolute Gasteiger partial charge is 0.466 e. The molecule has 0 aliphatic rings. The first-order chi connectivity index (χ1) is 20.2. The second-order valence-corrected chi connectivity index (χ2v) is 11.2. The molecule has 3 heterocycles. The van der Waals surface area contributed by atoms with Gasteiger partial charge in [-0.25, -0.2) is 29.4 Å². The molecule has 0 amide bonds. The number of nitrogens with zero attached hydrogens (tertiary/aromatic N) is 7. The Labute approximate surface area is 245 Å². The summed E-state index contributed by atoms with van der Waals surface area (Å²) in [6.45, 7) is 8.64. The summed E-state index contributed by atoms with van der Waals surface area (Å²) in [5.74, 6) is 0.640. The molecule has 10 heteroatoms. The van der Waals surface area contributed by atoms with Crippen LogP contribution < -0.4 is 5.73 Å². The van der Waals surface area contributed by atoms with Crippen LogP contribution in [0.15, 0.2) is 67.5 Å². The zero-order valence-electron chi connectivity index (χ0n) is 24.7. The predicted octanol–water partition coefficient (Wildman–Crippen LogP) is 6.21. The smallest absolute Gasteiger partial charge is 0.330 e. The van der Waals surface area contributed by atoms with E-state index in [2.05, 4.69) is 64.4 Å². The van der Waals surface area contributed by atoms with E-state index >= 15 is 0 Å². The van der Waals surface area contributed by atoms with Gasteiger partial charge in [-0.05, 0) is 74.6 Å². The third kappa shape index (κ3) is 5.93. The topological polar surface area (TPSA) is 127 Å². The number of anilines is 1. The number of methoxy groups -OCH3 is 1. The Kier molecular flexibility index (Phi) is 8.15. The van der Waals surface area contributed by atoms with Crippen molar-refractivity contribution < 1.29 is 9.53 Å². The van der Waals surface area contributed by atoms with Crippen LogP contribution in [0.3, 0.4) is 0 Å². The molecule has 2 N–H and O–H groups in total. The predicted molar refractivity (Wildman–Crippen MR) is 165 cm³/mol. The van der Waals surface area contributed by atoms with Crippen molar-refractivity contribution in [3.05, 3.63) is 73.1 Å². The number of rotatable bonds is 9. The molecular weight excluding hydrogens is 528 g/mol. The van der Waals surface area contributed by atoms with E-state index in [-0.39, 0.29) is 17.5 Å². The highest BCUT2D eigenvalue weighted by Gasteiger charge is 2.25. The molecule has 2 aromatic carbocycles. The lowest BCUT2D eigenvalue weighted by Gasteiger charge is -2.26.